The highest BCUT2D eigenvalue weighted by Crippen LogP contribution is 2.27. The van der Waals surface area contributed by atoms with Gasteiger partial charge in [-0.3, -0.25) is 0 Å². The van der Waals surface area contributed by atoms with Crippen molar-refractivity contribution in [2.24, 2.45) is 0 Å². The van der Waals surface area contributed by atoms with E-state index in [-0.39, 0.29) is 6.03 Å². The molecule has 2 aromatic carbocycles. The number of ether oxygens (including phenoxy) is 2. The van der Waals surface area contributed by atoms with E-state index in [4.69, 9.17) is 9.47 Å². The lowest BCUT2D eigenvalue weighted by Gasteiger charge is -2.27. The molecule has 0 spiro atoms. The summed E-state index contributed by atoms with van der Waals surface area (Å²) in [6.07, 6.45) is 0.694. The van der Waals surface area contributed by atoms with Crippen molar-refractivity contribution in [1.82, 2.24) is 10.6 Å². The number of benzene rings is 2. The molecule has 5 nitrogen and oxygen atoms in total. The molecule has 2 N–H and O–H groups in total. The Bertz CT molecular complexity index is 843. The number of carbonyl (C=O) groups is 1. The Hall–Kier alpha value is -2.95. The molecule has 0 fully saturated rings. The average molecular weight is 383 g/mol. The molecular weight excluding hydrogens is 352 g/mol. The van der Waals surface area contributed by atoms with Crippen LogP contribution >= 0.6 is 0 Å². The quantitative estimate of drug-likeness (QED) is 0.706. The van der Waals surface area contributed by atoms with Crippen molar-refractivity contribution in [3.63, 3.8) is 0 Å². The SMILES string of the molecule is C=C(C)c1cccc(C(C)(C)NC(=O)NCCc2ccc(OC)c(OC)c2)c1. The maximum absolute atomic E-state index is 12.4. The number of amides is 2. The fourth-order valence-corrected chi connectivity index (χ4v) is 2.93. The minimum Gasteiger partial charge on any atom is -0.493 e. The summed E-state index contributed by atoms with van der Waals surface area (Å²) in [5.41, 5.74) is 3.66. The maximum atomic E-state index is 12.4. The summed E-state index contributed by atoms with van der Waals surface area (Å²) < 4.78 is 10.6. The van der Waals surface area contributed by atoms with Gasteiger partial charge < -0.3 is 20.1 Å². The van der Waals surface area contributed by atoms with E-state index in [1.165, 1.54) is 0 Å². The highest BCUT2D eigenvalue weighted by atomic mass is 16.5. The summed E-state index contributed by atoms with van der Waals surface area (Å²) in [5.74, 6) is 1.37. The predicted octanol–water partition coefficient (Wildman–Crippen LogP) is 4.51. The molecule has 0 aliphatic carbocycles. The molecular formula is C23H30N2O3. The third-order valence-electron chi connectivity index (χ3n) is 4.65. The highest BCUT2D eigenvalue weighted by Gasteiger charge is 2.23. The number of allylic oxidation sites excluding steroid dienone is 1. The second-order valence-electron chi connectivity index (χ2n) is 7.31. The van der Waals surface area contributed by atoms with Gasteiger partial charge in [0.25, 0.3) is 0 Å². The van der Waals surface area contributed by atoms with Gasteiger partial charge in [-0.25, -0.2) is 4.79 Å². The van der Waals surface area contributed by atoms with E-state index in [1.807, 2.05) is 57.2 Å². The first-order valence-electron chi connectivity index (χ1n) is 9.30. The second kappa shape index (κ2) is 9.31. The summed E-state index contributed by atoms with van der Waals surface area (Å²) in [7, 11) is 3.22. The van der Waals surface area contributed by atoms with Crippen LogP contribution in [-0.4, -0.2) is 26.8 Å². The topological polar surface area (TPSA) is 59.6 Å². The van der Waals surface area contributed by atoms with Crippen LogP contribution in [0.25, 0.3) is 5.57 Å². The first kappa shape index (κ1) is 21.4. The predicted molar refractivity (Wildman–Crippen MR) is 114 cm³/mol. The van der Waals surface area contributed by atoms with Gasteiger partial charge in [0, 0.05) is 6.54 Å². The Balaban J connectivity index is 1.93. The van der Waals surface area contributed by atoms with Crippen molar-refractivity contribution < 1.29 is 14.3 Å². The fourth-order valence-electron chi connectivity index (χ4n) is 2.93. The first-order chi connectivity index (χ1) is 13.3. The number of urea groups is 1. The fraction of sp³-hybridized carbons (Fsp3) is 0.348. The number of hydrogen-bond donors (Lipinski definition) is 2. The first-order valence-corrected chi connectivity index (χ1v) is 9.30. The van der Waals surface area contributed by atoms with Gasteiger partial charge in [-0.2, -0.15) is 0 Å². The zero-order valence-electron chi connectivity index (χ0n) is 17.4. The molecule has 0 bridgehead atoms. The van der Waals surface area contributed by atoms with Gasteiger partial charge in [-0.1, -0.05) is 36.4 Å². The van der Waals surface area contributed by atoms with E-state index in [0.717, 1.165) is 22.3 Å². The molecule has 28 heavy (non-hydrogen) atoms. The Morgan fingerprint density at radius 1 is 1.07 bits per heavy atom. The number of hydrogen-bond acceptors (Lipinski definition) is 3. The second-order valence-corrected chi connectivity index (χ2v) is 7.31. The molecule has 0 radical (unpaired) electrons. The highest BCUT2D eigenvalue weighted by molar-refractivity contribution is 5.75. The van der Waals surface area contributed by atoms with Gasteiger partial charge in [-0.05, 0) is 62.1 Å². The van der Waals surface area contributed by atoms with Crippen molar-refractivity contribution in [2.45, 2.75) is 32.7 Å². The third kappa shape index (κ3) is 5.52. The molecule has 0 aliphatic heterocycles. The number of nitrogens with one attached hydrogen (secondary N) is 2. The van der Waals surface area contributed by atoms with Crippen LogP contribution in [0.1, 0.15) is 37.5 Å². The van der Waals surface area contributed by atoms with E-state index in [2.05, 4.69) is 23.3 Å². The van der Waals surface area contributed by atoms with Crippen molar-refractivity contribution in [1.29, 1.82) is 0 Å². The molecule has 0 aliphatic rings. The van der Waals surface area contributed by atoms with E-state index in [0.29, 0.717) is 24.5 Å². The summed E-state index contributed by atoms with van der Waals surface area (Å²) in [4.78, 5) is 12.4. The van der Waals surface area contributed by atoms with Crippen molar-refractivity contribution in [3.8, 4) is 11.5 Å². The van der Waals surface area contributed by atoms with Gasteiger partial charge in [0.15, 0.2) is 11.5 Å². The van der Waals surface area contributed by atoms with Gasteiger partial charge in [0.2, 0.25) is 0 Å². The summed E-state index contributed by atoms with van der Waals surface area (Å²) in [6.45, 7) is 10.4. The number of carbonyl (C=O) groups excluding carboxylic acids is 1. The van der Waals surface area contributed by atoms with Crippen molar-refractivity contribution in [3.05, 3.63) is 65.7 Å². The smallest absolute Gasteiger partial charge is 0.315 e. The van der Waals surface area contributed by atoms with Gasteiger partial charge in [0.05, 0.1) is 19.8 Å². The zero-order valence-corrected chi connectivity index (χ0v) is 17.4. The lowest BCUT2D eigenvalue weighted by molar-refractivity contribution is 0.230. The largest absolute Gasteiger partial charge is 0.493 e. The molecule has 150 valence electrons. The van der Waals surface area contributed by atoms with E-state index < -0.39 is 5.54 Å². The molecule has 0 atom stereocenters. The van der Waals surface area contributed by atoms with Crippen LogP contribution in [0.4, 0.5) is 4.79 Å². The zero-order chi connectivity index (χ0) is 20.7. The van der Waals surface area contributed by atoms with Crippen LogP contribution in [0, 0.1) is 0 Å². The standard InChI is InChI=1S/C23H30N2O3/c1-16(2)18-8-7-9-19(15-18)23(3,4)25-22(26)24-13-12-17-10-11-20(27-5)21(14-17)28-6/h7-11,14-15H,1,12-13H2,2-6H3,(H2,24,25,26). The molecule has 0 unspecified atom stereocenters. The van der Waals surface area contributed by atoms with Crippen LogP contribution in [-0.2, 0) is 12.0 Å². The molecule has 2 aromatic rings. The van der Waals surface area contributed by atoms with Crippen LogP contribution in [0.2, 0.25) is 0 Å². The number of methoxy groups -OCH3 is 2. The van der Waals surface area contributed by atoms with Gasteiger partial charge in [0.1, 0.15) is 0 Å². The summed E-state index contributed by atoms with van der Waals surface area (Å²) in [5, 5.41) is 5.96. The van der Waals surface area contributed by atoms with E-state index in [1.54, 1.807) is 14.2 Å². The molecule has 5 heteroatoms. The Morgan fingerprint density at radius 3 is 2.43 bits per heavy atom. The molecule has 2 rings (SSSR count). The molecule has 0 heterocycles. The third-order valence-corrected chi connectivity index (χ3v) is 4.65. The molecule has 0 saturated carbocycles. The summed E-state index contributed by atoms with van der Waals surface area (Å²) >= 11 is 0. The summed E-state index contributed by atoms with van der Waals surface area (Å²) in [6, 6.07) is 13.6. The Morgan fingerprint density at radius 2 is 1.79 bits per heavy atom. The lowest BCUT2D eigenvalue weighted by atomic mass is 9.92. The Labute approximate surface area is 167 Å². The average Bonchev–Trinajstić information content (AvgIpc) is 2.67. The molecule has 0 saturated heterocycles. The molecule has 2 amide bonds. The molecule has 0 aromatic heterocycles. The number of rotatable bonds is 8. The minimum atomic E-state index is -0.501. The monoisotopic (exact) mass is 382 g/mol. The maximum Gasteiger partial charge on any atom is 0.315 e. The van der Waals surface area contributed by atoms with E-state index in [9.17, 15) is 4.79 Å². The van der Waals surface area contributed by atoms with Crippen molar-refractivity contribution >= 4 is 11.6 Å². The minimum absolute atomic E-state index is 0.203. The van der Waals surface area contributed by atoms with E-state index >= 15 is 0 Å². The van der Waals surface area contributed by atoms with Crippen LogP contribution in [0.15, 0.2) is 49.0 Å². The van der Waals surface area contributed by atoms with Crippen LogP contribution in [0.5, 0.6) is 11.5 Å². The normalized spacial score (nSPS) is 10.9. The Kier molecular flexibility index (Phi) is 7.10. The van der Waals surface area contributed by atoms with Gasteiger partial charge in [-0.15, -0.1) is 0 Å². The van der Waals surface area contributed by atoms with Crippen LogP contribution < -0.4 is 20.1 Å². The van der Waals surface area contributed by atoms with Crippen LogP contribution in [0.3, 0.4) is 0 Å². The lowest BCUT2D eigenvalue weighted by Crippen LogP contribution is -2.46. The van der Waals surface area contributed by atoms with Crippen molar-refractivity contribution in [2.75, 3.05) is 20.8 Å². The van der Waals surface area contributed by atoms with Gasteiger partial charge >= 0.3 is 6.03 Å².